The van der Waals surface area contributed by atoms with Crippen LogP contribution in [0.1, 0.15) is 89.2 Å². The number of carbonyl (C=O) groups is 2. The molecular weight excluding hydrogens is 715 g/mol. The lowest BCUT2D eigenvalue weighted by Crippen LogP contribution is -2.45. The minimum absolute atomic E-state index is 0.0838. The van der Waals surface area contributed by atoms with Gasteiger partial charge < -0.3 is 14.4 Å². The van der Waals surface area contributed by atoms with Crippen LogP contribution in [-0.4, -0.2) is 80.3 Å². The van der Waals surface area contributed by atoms with Crippen LogP contribution in [0.2, 0.25) is 5.15 Å². The zero-order chi connectivity index (χ0) is 37.6. The molecule has 0 spiro atoms. The molecule has 280 valence electrons. The van der Waals surface area contributed by atoms with E-state index in [1.807, 2.05) is 39.3 Å². The summed E-state index contributed by atoms with van der Waals surface area (Å²) in [6, 6.07) is 4.12. The molecule has 18 heteroatoms. The molecule has 2 amide bonds. The van der Waals surface area contributed by atoms with E-state index in [0.717, 1.165) is 12.8 Å². The minimum atomic E-state index is -4.34. The molecule has 2 aliphatic rings. The summed E-state index contributed by atoms with van der Waals surface area (Å²) >= 11 is 6.27. The van der Waals surface area contributed by atoms with Crippen LogP contribution >= 0.6 is 11.6 Å². The first-order chi connectivity index (χ1) is 23.6. The maximum absolute atomic E-state index is 13.2. The van der Waals surface area contributed by atoms with Crippen molar-refractivity contribution in [3.63, 3.8) is 0 Å². The van der Waals surface area contributed by atoms with Crippen molar-refractivity contribution in [3.05, 3.63) is 47.0 Å². The summed E-state index contributed by atoms with van der Waals surface area (Å²) in [6.45, 7) is 12.0. The Labute approximate surface area is 299 Å². The molecule has 1 aliphatic heterocycles. The molecule has 3 aromatic heterocycles. The summed E-state index contributed by atoms with van der Waals surface area (Å²) < 4.78 is 81.8. The third-order valence-corrected chi connectivity index (χ3v) is 11.0. The maximum atomic E-state index is 13.2. The van der Waals surface area contributed by atoms with Crippen molar-refractivity contribution in [2.24, 2.45) is 11.3 Å². The van der Waals surface area contributed by atoms with E-state index in [1.165, 1.54) is 35.3 Å². The average Bonchev–Trinajstić information content (AvgIpc) is 3.33. The molecule has 4 heterocycles. The lowest BCUT2D eigenvalue weighted by Gasteiger charge is -2.33. The Kier molecular flexibility index (Phi) is 10.5. The highest BCUT2D eigenvalue weighted by Crippen LogP contribution is 2.59. The van der Waals surface area contributed by atoms with E-state index in [0.29, 0.717) is 25.2 Å². The number of hydrogen-bond acceptors (Lipinski definition) is 9. The Balaban J connectivity index is 1.14. The average molecular weight is 758 g/mol. The molecule has 1 aliphatic carbocycles. The van der Waals surface area contributed by atoms with Crippen molar-refractivity contribution in [2.45, 2.75) is 109 Å². The van der Waals surface area contributed by atoms with Crippen LogP contribution < -0.4 is 9.46 Å². The number of likely N-dealkylation sites (tertiary alicyclic amines) is 1. The highest BCUT2D eigenvalue weighted by atomic mass is 35.5. The van der Waals surface area contributed by atoms with Gasteiger partial charge in [-0.2, -0.15) is 18.3 Å². The van der Waals surface area contributed by atoms with Gasteiger partial charge in [0.05, 0.1) is 29.5 Å². The van der Waals surface area contributed by atoms with Gasteiger partial charge in [0.15, 0.2) is 5.82 Å². The molecule has 1 saturated carbocycles. The molecule has 1 N–H and O–H groups in total. The molecule has 2 fully saturated rings. The van der Waals surface area contributed by atoms with E-state index in [1.54, 1.807) is 16.5 Å². The molecule has 1 unspecified atom stereocenters. The lowest BCUT2D eigenvalue weighted by atomic mass is 9.93. The Morgan fingerprint density at radius 1 is 1.14 bits per heavy atom. The third kappa shape index (κ3) is 8.79. The van der Waals surface area contributed by atoms with E-state index < -0.39 is 33.1 Å². The number of nitrogens with zero attached hydrogens (tertiary/aromatic N) is 6. The van der Waals surface area contributed by atoms with Crippen LogP contribution in [0.5, 0.6) is 5.88 Å². The largest absolute Gasteiger partial charge is 0.477 e. The van der Waals surface area contributed by atoms with Crippen molar-refractivity contribution >= 4 is 33.6 Å². The third-order valence-electron chi connectivity index (χ3n) is 9.29. The van der Waals surface area contributed by atoms with Gasteiger partial charge in [0.2, 0.25) is 5.88 Å². The first-order valence-electron chi connectivity index (χ1n) is 16.6. The summed E-state index contributed by atoms with van der Waals surface area (Å²) in [7, 11) is -4.34. The highest BCUT2D eigenvalue weighted by molar-refractivity contribution is 7.90. The van der Waals surface area contributed by atoms with E-state index >= 15 is 0 Å². The summed E-state index contributed by atoms with van der Waals surface area (Å²) in [5.74, 6) is -0.514. The lowest BCUT2D eigenvalue weighted by molar-refractivity contribution is -0.190. The number of aromatic nitrogens is 5. The minimum Gasteiger partial charge on any atom is -0.477 e. The van der Waals surface area contributed by atoms with Gasteiger partial charge in [-0.3, -0.25) is 9.48 Å². The first kappa shape index (κ1) is 38.4. The second-order valence-corrected chi connectivity index (χ2v) is 16.9. The molecule has 5 rings (SSSR count). The SMILES string of the molecule is Cc1c(S(=O)(=O)NC(=O)c2ccc(-n3ccc(OCCC4(C(F)(F)F)CC4)n3)nc2Cl)cnn1CCCC1CN(C(=O)OC(C)(C)C)C(C)(C)C1. The van der Waals surface area contributed by atoms with Gasteiger partial charge in [0.1, 0.15) is 15.6 Å². The number of alkyl halides is 3. The topological polar surface area (TPSA) is 151 Å². The Bertz CT molecular complexity index is 1880. The van der Waals surface area contributed by atoms with Crippen molar-refractivity contribution in [1.82, 2.24) is 34.2 Å². The van der Waals surface area contributed by atoms with E-state index in [9.17, 15) is 31.2 Å². The summed E-state index contributed by atoms with van der Waals surface area (Å²) in [5.41, 5.74) is -2.49. The van der Waals surface area contributed by atoms with Gasteiger partial charge in [-0.25, -0.2) is 27.6 Å². The van der Waals surface area contributed by atoms with Gasteiger partial charge in [-0.1, -0.05) is 11.6 Å². The molecule has 51 heavy (non-hydrogen) atoms. The second-order valence-electron chi connectivity index (χ2n) is 14.9. The Morgan fingerprint density at radius 2 is 1.84 bits per heavy atom. The number of pyridine rings is 1. The zero-order valence-corrected chi connectivity index (χ0v) is 31.0. The standard InChI is InChI=1S/C33H43ClF3N7O6S/c1-21-24(19-38-43(21)15-7-8-22-18-31(5,6)42(20-22)29(46)50-30(2,3)4)51(47,48)41-28(45)23-9-10-25(39-27(23)34)44-16-11-26(40-44)49-17-14-32(12-13-32)33(35,36)37/h9-11,16,19,22H,7-8,12-15,17-18,20H2,1-6H3,(H,41,45). The molecular formula is C33H43ClF3N7O6S. The smallest absolute Gasteiger partial charge is 0.410 e. The van der Waals surface area contributed by atoms with Crippen LogP contribution in [0, 0.1) is 18.3 Å². The number of hydrogen-bond donors (Lipinski definition) is 1. The fraction of sp³-hybridized carbons (Fsp3) is 0.606. The van der Waals surface area contributed by atoms with Crippen LogP contribution in [-0.2, 0) is 21.3 Å². The molecule has 1 atom stereocenters. The van der Waals surface area contributed by atoms with Crippen molar-refractivity contribution in [2.75, 3.05) is 13.2 Å². The maximum Gasteiger partial charge on any atom is 0.410 e. The normalized spacial score (nSPS) is 18.5. The molecule has 1 saturated heterocycles. The van der Waals surface area contributed by atoms with Crippen molar-refractivity contribution < 1.29 is 40.7 Å². The number of halogens is 4. The van der Waals surface area contributed by atoms with Crippen LogP contribution in [0.15, 0.2) is 35.5 Å². The second kappa shape index (κ2) is 13.9. The summed E-state index contributed by atoms with van der Waals surface area (Å²) in [4.78, 5) is 31.5. The van der Waals surface area contributed by atoms with Gasteiger partial charge >= 0.3 is 12.3 Å². The van der Waals surface area contributed by atoms with Crippen LogP contribution in [0.4, 0.5) is 18.0 Å². The number of sulfonamides is 1. The zero-order valence-electron chi connectivity index (χ0n) is 29.4. The molecule has 13 nitrogen and oxygen atoms in total. The number of ether oxygens (including phenoxy) is 2. The van der Waals surface area contributed by atoms with Crippen molar-refractivity contribution in [3.8, 4) is 11.7 Å². The van der Waals surface area contributed by atoms with E-state index in [-0.39, 0.29) is 70.7 Å². The molecule has 0 aromatic carbocycles. The van der Waals surface area contributed by atoms with Gasteiger partial charge in [0, 0.05) is 30.9 Å². The number of aryl methyl sites for hydroxylation is 1. The number of amides is 2. The quantitative estimate of drug-likeness (QED) is 0.205. The monoisotopic (exact) mass is 757 g/mol. The predicted molar refractivity (Wildman–Crippen MR) is 180 cm³/mol. The molecule has 3 aromatic rings. The van der Waals surface area contributed by atoms with Gasteiger partial charge in [-0.05, 0) is 98.1 Å². The van der Waals surface area contributed by atoms with E-state index in [4.69, 9.17) is 21.1 Å². The fourth-order valence-corrected chi connectivity index (χ4v) is 7.69. The van der Waals surface area contributed by atoms with Gasteiger partial charge in [0.25, 0.3) is 15.9 Å². The number of nitrogens with one attached hydrogen (secondary N) is 1. The van der Waals surface area contributed by atoms with Crippen LogP contribution in [0.3, 0.4) is 0 Å². The summed E-state index contributed by atoms with van der Waals surface area (Å²) in [5, 5.41) is 8.09. The fourth-order valence-electron chi connectivity index (χ4n) is 6.31. The predicted octanol–water partition coefficient (Wildman–Crippen LogP) is 6.47. The van der Waals surface area contributed by atoms with Crippen molar-refractivity contribution in [1.29, 1.82) is 0 Å². The number of rotatable bonds is 12. The Morgan fingerprint density at radius 3 is 2.47 bits per heavy atom. The summed E-state index contributed by atoms with van der Waals surface area (Å²) in [6.07, 6.45) is 0.317. The highest BCUT2D eigenvalue weighted by Gasteiger charge is 2.62. The molecule has 0 bridgehead atoms. The number of carbonyl (C=O) groups excluding carboxylic acids is 2. The molecule has 0 radical (unpaired) electrons. The Hall–Kier alpha value is -3.86. The first-order valence-corrected chi connectivity index (χ1v) is 18.5. The van der Waals surface area contributed by atoms with Gasteiger partial charge in [-0.15, -0.1) is 5.10 Å². The van der Waals surface area contributed by atoms with Crippen LogP contribution in [0.25, 0.3) is 5.82 Å². The van der Waals surface area contributed by atoms with E-state index in [2.05, 4.69) is 15.2 Å².